The van der Waals surface area contributed by atoms with E-state index in [0.717, 1.165) is 11.4 Å². The first-order valence-corrected chi connectivity index (χ1v) is 9.59. The highest BCUT2D eigenvalue weighted by atomic mass is 16.2. The number of hydrogen-bond acceptors (Lipinski definition) is 2. The molecule has 2 amide bonds. The third kappa shape index (κ3) is 3.98. The lowest BCUT2D eigenvalue weighted by Gasteiger charge is -2.31. The van der Waals surface area contributed by atoms with Gasteiger partial charge in [-0.05, 0) is 61.4 Å². The number of anilines is 1. The van der Waals surface area contributed by atoms with Crippen LogP contribution in [-0.2, 0) is 4.79 Å². The second kappa shape index (κ2) is 8.13. The molecule has 1 fully saturated rings. The lowest BCUT2D eigenvalue weighted by molar-refractivity contribution is -0.121. The third-order valence-electron chi connectivity index (χ3n) is 5.21. The summed E-state index contributed by atoms with van der Waals surface area (Å²) in [5.74, 6) is 0.00993. The second-order valence-corrected chi connectivity index (χ2v) is 7.06. The van der Waals surface area contributed by atoms with Gasteiger partial charge in [0.1, 0.15) is 0 Å². The standard InChI is InChI=1S/C23H23N3O2/c27-22(24-20-6-2-1-3-7-20)18-12-16-26(17-13-18)23(28)19-8-10-21(11-9-19)25-14-4-5-15-25/h1-11,14-15,18H,12-13,16-17H2,(H,24,27). The number of aromatic nitrogens is 1. The Bertz CT molecular complexity index is 926. The number of carbonyl (C=O) groups is 2. The summed E-state index contributed by atoms with van der Waals surface area (Å²) >= 11 is 0. The Morgan fingerprint density at radius 2 is 1.46 bits per heavy atom. The van der Waals surface area contributed by atoms with Crippen LogP contribution in [0.1, 0.15) is 23.2 Å². The Balaban J connectivity index is 1.33. The van der Waals surface area contributed by atoms with Gasteiger partial charge in [-0.1, -0.05) is 18.2 Å². The molecule has 5 nitrogen and oxygen atoms in total. The van der Waals surface area contributed by atoms with Gasteiger partial charge in [0, 0.05) is 48.3 Å². The summed E-state index contributed by atoms with van der Waals surface area (Å²) in [4.78, 5) is 27.1. The lowest BCUT2D eigenvalue weighted by Crippen LogP contribution is -2.41. The molecule has 0 atom stereocenters. The molecule has 2 aromatic carbocycles. The van der Waals surface area contributed by atoms with Crippen LogP contribution in [0.15, 0.2) is 79.1 Å². The van der Waals surface area contributed by atoms with E-state index in [9.17, 15) is 9.59 Å². The fourth-order valence-corrected chi connectivity index (χ4v) is 3.58. The van der Waals surface area contributed by atoms with Gasteiger partial charge in [-0.25, -0.2) is 0 Å². The zero-order valence-corrected chi connectivity index (χ0v) is 15.6. The molecule has 0 aliphatic carbocycles. The van der Waals surface area contributed by atoms with Crippen molar-refractivity contribution in [2.45, 2.75) is 12.8 Å². The maximum atomic E-state index is 12.8. The van der Waals surface area contributed by atoms with Gasteiger partial charge < -0.3 is 14.8 Å². The Labute approximate surface area is 164 Å². The second-order valence-electron chi connectivity index (χ2n) is 7.06. The zero-order chi connectivity index (χ0) is 19.3. The molecule has 3 aromatic rings. The summed E-state index contributed by atoms with van der Waals surface area (Å²) in [6.45, 7) is 1.20. The fraction of sp³-hybridized carbons (Fsp3) is 0.217. The van der Waals surface area contributed by atoms with Gasteiger partial charge in [0.25, 0.3) is 5.91 Å². The van der Waals surface area contributed by atoms with Crippen molar-refractivity contribution in [2.24, 2.45) is 5.92 Å². The average molecular weight is 373 g/mol. The highest BCUT2D eigenvalue weighted by Gasteiger charge is 2.27. The number of para-hydroxylation sites is 1. The van der Waals surface area contributed by atoms with Crippen molar-refractivity contribution in [1.82, 2.24) is 9.47 Å². The fourth-order valence-electron chi connectivity index (χ4n) is 3.58. The normalized spacial score (nSPS) is 14.6. The largest absolute Gasteiger partial charge is 0.339 e. The first-order chi connectivity index (χ1) is 13.7. The van der Waals surface area contributed by atoms with E-state index >= 15 is 0 Å². The summed E-state index contributed by atoms with van der Waals surface area (Å²) < 4.78 is 2.01. The van der Waals surface area contributed by atoms with Crippen molar-refractivity contribution < 1.29 is 9.59 Å². The number of nitrogens with one attached hydrogen (secondary N) is 1. The summed E-state index contributed by atoms with van der Waals surface area (Å²) in [5, 5.41) is 2.96. The van der Waals surface area contributed by atoms with Crippen LogP contribution >= 0.6 is 0 Å². The Hall–Kier alpha value is -3.34. The molecule has 0 spiro atoms. The topological polar surface area (TPSA) is 54.3 Å². The summed E-state index contributed by atoms with van der Waals surface area (Å²) in [5.41, 5.74) is 2.52. The molecule has 142 valence electrons. The molecule has 1 saturated heterocycles. The van der Waals surface area contributed by atoms with Crippen LogP contribution in [0.4, 0.5) is 5.69 Å². The first kappa shape index (κ1) is 18.0. The SMILES string of the molecule is O=C(Nc1ccccc1)C1CCN(C(=O)c2ccc(-n3cccc3)cc2)CC1. The van der Waals surface area contributed by atoms with Crippen LogP contribution < -0.4 is 5.32 Å². The predicted octanol–water partition coefficient (Wildman–Crippen LogP) is 3.97. The van der Waals surface area contributed by atoms with Crippen molar-refractivity contribution in [2.75, 3.05) is 18.4 Å². The number of amides is 2. The van der Waals surface area contributed by atoms with Gasteiger partial charge in [0.15, 0.2) is 0 Å². The lowest BCUT2D eigenvalue weighted by atomic mass is 9.95. The number of benzene rings is 2. The molecule has 0 unspecified atom stereocenters. The van der Waals surface area contributed by atoms with E-state index in [1.165, 1.54) is 0 Å². The Morgan fingerprint density at radius 3 is 2.11 bits per heavy atom. The average Bonchev–Trinajstić information content (AvgIpc) is 3.29. The summed E-state index contributed by atoms with van der Waals surface area (Å²) in [6, 6.07) is 21.1. The van der Waals surface area contributed by atoms with Gasteiger partial charge in [0.05, 0.1) is 0 Å². The van der Waals surface area contributed by atoms with E-state index in [-0.39, 0.29) is 17.7 Å². The molecule has 0 radical (unpaired) electrons. The number of piperidine rings is 1. The van der Waals surface area contributed by atoms with Crippen LogP contribution in [-0.4, -0.2) is 34.4 Å². The molecule has 5 heteroatoms. The Kier molecular flexibility index (Phi) is 5.24. The van der Waals surface area contributed by atoms with Crippen molar-refractivity contribution in [3.63, 3.8) is 0 Å². The highest BCUT2D eigenvalue weighted by Crippen LogP contribution is 2.21. The molecule has 1 aliphatic heterocycles. The molecule has 1 N–H and O–H groups in total. The number of hydrogen-bond donors (Lipinski definition) is 1. The van der Waals surface area contributed by atoms with Gasteiger partial charge in [-0.3, -0.25) is 9.59 Å². The van der Waals surface area contributed by atoms with Gasteiger partial charge in [-0.15, -0.1) is 0 Å². The number of likely N-dealkylation sites (tertiary alicyclic amines) is 1. The maximum absolute atomic E-state index is 12.8. The number of carbonyl (C=O) groups excluding carboxylic acids is 2. The van der Waals surface area contributed by atoms with Crippen LogP contribution in [0.25, 0.3) is 5.69 Å². The predicted molar refractivity (Wildman–Crippen MR) is 109 cm³/mol. The number of rotatable bonds is 4. The molecule has 0 saturated carbocycles. The Morgan fingerprint density at radius 1 is 0.821 bits per heavy atom. The number of nitrogens with zero attached hydrogens (tertiary/aromatic N) is 2. The molecule has 28 heavy (non-hydrogen) atoms. The quantitative estimate of drug-likeness (QED) is 0.752. The molecule has 0 bridgehead atoms. The van der Waals surface area contributed by atoms with E-state index in [0.29, 0.717) is 31.5 Å². The zero-order valence-electron chi connectivity index (χ0n) is 15.6. The summed E-state index contributed by atoms with van der Waals surface area (Å²) in [6.07, 6.45) is 5.32. The van der Waals surface area contributed by atoms with Crippen LogP contribution in [0.3, 0.4) is 0 Å². The summed E-state index contributed by atoms with van der Waals surface area (Å²) in [7, 11) is 0. The minimum absolute atomic E-state index is 0.0287. The van der Waals surface area contributed by atoms with Crippen LogP contribution in [0.2, 0.25) is 0 Å². The monoisotopic (exact) mass is 373 g/mol. The minimum atomic E-state index is -0.0552. The minimum Gasteiger partial charge on any atom is -0.339 e. The van der Waals surface area contributed by atoms with E-state index in [1.54, 1.807) is 0 Å². The van der Waals surface area contributed by atoms with E-state index in [4.69, 9.17) is 0 Å². The van der Waals surface area contributed by atoms with Crippen molar-refractivity contribution in [3.8, 4) is 5.69 Å². The van der Waals surface area contributed by atoms with E-state index in [2.05, 4.69) is 5.32 Å². The molecule has 4 rings (SSSR count). The van der Waals surface area contributed by atoms with Crippen molar-refractivity contribution in [1.29, 1.82) is 0 Å². The highest BCUT2D eigenvalue weighted by molar-refractivity contribution is 5.95. The van der Waals surface area contributed by atoms with Gasteiger partial charge in [-0.2, -0.15) is 0 Å². The van der Waals surface area contributed by atoms with Crippen LogP contribution in [0, 0.1) is 5.92 Å². The van der Waals surface area contributed by atoms with Crippen molar-refractivity contribution >= 4 is 17.5 Å². The smallest absolute Gasteiger partial charge is 0.253 e. The van der Waals surface area contributed by atoms with E-state index in [1.807, 2.05) is 88.6 Å². The first-order valence-electron chi connectivity index (χ1n) is 9.59. The molecule has 2 heterocycles. The third-order valence-corrected chi connectivity index (χ3v) is 5.21. The van der Waals surface area contributed by atoms with E-state index < -0.39 is 0 Å². The van der Waals surface area contributed by atoms with Gasteiger partial charge >= 0.3 is 0 Å². The molecular formula is C23H23N3O2. The van der Waals surface area contributed by atoms with Gasteiger partial charge in [0.2, 0.25) is 5.91 Å². The molecule has 1 aliphatic rings. The molecule has 1 aromatic heterocycles. The van der Waals surface area contributed by atoms with Crippen LogP contribution in [0.5, 0.6) is 0 Å². The maximum Gasteiger partial charge on any atom is 0.253 e. The molecular weight excluding hydrogens is 350 g/mol. The van der Waals surface area contributed by atoms with Crippen molar-refractivity contribution in [3.05, 3.63) is 84.7 Å².